The van der Waals surface area contributed by atoms with E-state index in [-0.39, 0.29) is 22.3 Å². The van der Waals surface area contributed by atoms with Crippen molar-refractivity contribution in [1.29, 1.82) is 0 Å². The van der Waals surface area contributed by atoms with Crippen LogP contribution in [-0.2, 0) is 10.0 Å². The molecule has 1 aromatic rings. The van der Waals surface area contributed by atoms with E-state index in [1.54, 1.807) is 0 Å². The third-order valence-corrected chi connectivity index (χ3v) is 4.21. The second kappa shape index (κ2) is 8.19. The van der Waals surface area contributed by atoms with Crippen LogP contribution < -0.4 is 10.0 Å². The van der Waals surface area contributed by atoms with Crippen LogP contribution in [0.1, 0.15) is 6.92 Å². The average Bonchev–Trinajstić information content (AvgIpc) is 2.24. The van der Waals surface area contributed by atoms with Gasteiger partial charge in [-0.2, -0.15) is 0 Å². The van der Waals surface area contributed by atoms with Gasteiger partial charge in [0.05, 0.1) is 5.02 Å². The molecule has 0 bridgehead atoms. The van der Waals surface area contributed by atoms with Gasteiger partial charge in [-0.3, -0.25) is 0 Å². The SMILES string of the molecule is CCNCCNS(=O)(=O)c1ccc(Cl)cc1Cl.Cl. The van der Waals surface area contributed by atoms with E-state index in [0.29, 0.717) is 18.1 Å². The summed E-state index contributed by atoms with van der Waals surface area (Å²) in [5.41, 5.74) is 0. The second-order valence-electron chi connectivity index (χ2n) is 3.33. The van der Waals surface area contributed by atoms with Crippen molar-refractivity contribution in [3.8, 4) is 0 Å². The normalized spacial score (nSPS) is 11.1. The Morgan fingerprint density at radius 2 is 1.89 bits per heavy atom. The predicted octanol–water partition coefficient (Wildman–Crippen LogP) is 2.30. The second-order valence-corrected chi connectivity index (χ2v) is 5.91. The van der Waals surface area contributed by atoms with E-state index in [1.165, 1.54) is 18.2 Å². The highest BCUT2D eigenvalue weighted by Crippen LogP contribution is 2.24. The third kappa shape index (κ3) is 5.30. The quantitative estimate of drug-likeness (QED) is 0.785. The Morgan fingerprint density at radius 3 is 2.44 bits per heavy atom. The number of halogens is 3. The largest absolute Gasteiger partial charge is 0.316 e. The van der Waals surface area contributed by atoms with Crippen LogP contribution in [0.2, 0.25) is 10.0 Å². The van der Waals surface area contributed by atoms with Crippen LogP contribution in [-0.4, -0.2) is 28.1 Å². The van der Waals surface area contributed by atoms with Crippen LogP contribution in [0.5, 0.6) is 0 Å². The van der Waals surface area contributed by atoms with Gasteiger partial charge in [-0.1, -0.05) is 30.1 Å². The van der Waals surface area contributed by atoms with E-state index < -0.39 is 10.0 Å². The molecule has 0 saturated heterocycles. The van der Waals surface area contributed by atoms with Gasteiger partial charge in [-0.05, 0) is 24.7 Å². The summed E-state index contributed by atoms with van der Waals surface area (Å²) in [6.45, 7) is 3.63. The van der Waals surface area contributed by atoms with Crippen molar-refractivity contribution >= 4 is 45.6 Å². The van der Waals surface area contributed by atoms with Crippen molar-refractivity contribution in [1.82, 2.24) is 10.0 Å². The Morgan fingerprint density at radius 1 is 1.22 bits per heavy atom. The van der Waals surface area contributed by atoms with Crippen LogP contribution in [0.25, 0.3) is 0 Å². The molecule has 0 radical (unpaired) electrons. The summed E-state index contributed by atoms with van der Waals surface area (Å²) in [4.78, 5) is 0.0417. The molecule has 0 aliphatic carbocycles. The molecular weight excluding hydrogens is 319 g/mol. The fraction of sp³-hybridized carbons (Fsp3) is 0.400. The van der Waals surface area contributed by atoms with Gasteiger partial charge in [0.15, 0.2) is 0 Å². The number of sulfonamides is 1. The topological polar surface area (TPSA) is 58.2 Å². The lowest BCUT2D eigenvalue weighted by molar-refractivity contribution is 0.577. The van der Waals surface area contributed by atoms with E-state index >= 15 is 0 Å². The molecule has 0 atom stereocenters. The molecule has 0 heterocycles. The van der Waals surface area contributed by atoms with Gasteiger partial charge >= 0.3 is 0 Å². The summed E-state index contributed by atoms with van der Waals surface area (Å²) in [5, 5.41) is 3.54. The summed E-state index contributed by atoms with van der Waals surface area (Å²) in [6, 6.07) is 4.29. The Balaban J connectivity index is 0.00000289. The maximum Gasteiger partial charge on any atom is 0.242 e. The van der Waals surface area contributed by atoms with Crippen molar-refractivity contribution in [2.75, 3.05) is 19.6 Å². The molecule has 8 heteroatoms. The molecule has 0 spiro atoms. The van der Waals surface area contributed by atoms with E-state index in [1.807, 2.05) is 6.92 Å². The van der Waals surface area contributed by atoms with Crippen molar-refractivity contribution in [3.05, 3.63) is 28.2 Å². The summed E-state index contributed by atoms with van der Waals surface area (Å²) in [5.74, 6) is 0. The fourth-order valence-corrected chi connectivity index (χ4v) is 3.02. The first-order valence-electron chi connectivity index (χ1n) is 5.13. The Hall–Kier alpha value is -0.0400. The minimum absolute atomic E-state index is 0. The number of rotatable bonds is 6. The molecule has 1 aromatic carbocycles. The lowest BCUT2D eigenvalue weighted by Crippen LogP contribution is -2.31. The zero-order chi connectivity index (χ0) is 12.9. The first kappa shape index (κ1) is 18.0. The Bertz CT molecular complexity index is 480. The van der Waals surface area contributed by atoms with Crippen LogP contribution in [0.15, 0.2) is 23.1 Å². The van der Waals surface area contributed by atoms with Gasteiger partial charge in [-0.25, -0.2) is 13.1 Å². The van der Waals surface area contributed by atoms with Crippen molar-refractivity contribution in [2.24, 2.45) is 0 Å². The van der Waals surface area contributed by atoms with Gasteiger partial charge in [0.1, 0.15) is 4.90 Å². The molecular formula is C10H15Cl3N2O2S. The third-order valence-electron chi connectivity index (χ3n) is 2.03. The highest BCUT2D eigenvalue weighted by atomic mass is 35.5. The van der Waals surface area contributed by atoms with E-state index in [4.69, 9.17) is 23.2 Å². The summed E-state index contributed by atoms with van der Waals surface area (Å²) < 4.78 is 26.2. The van der Waals surface area contributed by atoms with Crippen molar-refractivity contribution < 1.29 is 8.42 Å². The molecule has 1 rings (SSSR count). The number of hydrogen-bond donors (Lipinski definition) is 2. The monoisotopic (exact) mass is 332 g/mol. The van der Waals surface area contributed by atoms with Gasteiger partial charge in [-0.15, -0.1) is 12.4 Å². The van der Waals surface area contributed by atoms with Gasteiger partial charge in [0.2, 0.25) is 10.0 Å². The maximum absolute atomic E-state index is 11.9. The van der Waals surface area contributed by atoms with E-state index in [2.05, 4.69) is 10.0 Å². The van der Waals surface area contributed by atoms with Crippen molar-refractivity contribution in [3.63, 3.8) is 0 Å². The molecule has 0 saturated carbocycles. The van der Waals surface area contributed by atoms with Crippen LogP contribution in [0, 0.1) is 0 Å². The lowest BCUT2D eigenvalue weighted by atomic mass is 10.4. The van der Waals surface area contributed by atoms with E-state index in [9.17, 15) is 8.42 Å². The van der Waals surface area contributed by atoms with Crippen LogP contribution >= 0.6 is 35.6 Å². The van der Waals surface area contributed by atoms with Gasteiger partial charge < -0.3 is 5.32 Å². The standard InChI is InChI=1S/C10H14Cl2N2O2S.ClH/c1-2-13-5-6-14-17(15,16)10-4-3-8(11)7-9(10)12;/h3-4,7,13-14H,2,5-6H2,1H3;1H. The number of benzene rings is 1. The summed E-state index contributed by atoms with van der Waals surface area (Å²) >= 11 is 11.5. The summed E-state index contributed by atoms with van der Waals surface area (Å²) in [7, 11) is -3.57. The average molecular weight is 334 g/mol. The zero-order valence-corrected chi connectivity index (χ0v) is 12.9. The molecule has 0 unspecified atom stereocenters. The van der Waals surface area contributed by atoms with Crippen molar-refractivity contribution in [2.45, 2.75) is 11.8 Å². The molecule has 0 fully saturated rings. The zero-order valence-electron chi connectivity index (χ0n) is 9.74. The molecule has 18 heavy (non-hydrogen) atoms. The molecule has 104 valence electrons. The molecule has 0 amide bonds. The summed E-state index contributed by atoms with van der Waals surface area (Å²) in [6.07, 6.45) is 0. The number of hydrogen-bond acceptors (Lipinski definition) is 3. The Kier molecular flexibility index (Phi) is 8.18. The maximum atomic E-state index is 11.9. The van der Waals surface area contributed by atoms with E-state index in [0.717, 1.165) is 6.54 Å². The first-order valence-corrected chi connectivity index (χ1v) is 7.36. The molecule has 0 aliphatic rings. The lowest BCUT2D eigenvalue weighted by Gasteiger charge is -2.08. The number of nitrogens with one attached hydrogen (secondary N) is 2. The minimum Gasteiger partial charge on any atom is -0.316 e. The Labute approximate surface area is 124 Å². The molecule has 0 aromatic heterocycles. The van der Waals surface area contributed by atoms with Crippen LogP contribution in [0.3, 0.4) is 0 Å². The van der Waals surface area contributed by atoms with Crippen LogP contribution in [0.4, 0.5) is 0 Å². The molecule has 4 nitrogen and oxygen atoms in total. The molecule has 0 aliphatic heterocycles. The minimum atomic E-state index is -3.57. The van der Waals surface area contributed by atoms with Gasteiger partial charge in [0.25, 0.3) is 0 Å². The number of likely N-dealkylation sites (N-methyl/N-ethyl adjacent to an activating group) is 1. The highest BCUT2D eigenvalue weighted by molar-refractivity contribution is 7.89. The first-order chi connectivity index (χ1) is 7.97. The molecule has 2 N–H and O–H groups in total. The predicted molar refractivity (Wildman–Crippen MR) is 77.4 cm³/mol. The smallest absolute Gasteiger partial charge is 0.242 e. The van der Waals surface area contributed by atoms with Gasteiger partial charge in [0, 0.05) is 18.1 Å². The highest BCUT2D eigenvalue weighted by Gasteiger charge is 2.17. The fourth-order valence-electron chi connectivity index (χ4n) is 1.22.